The molecule has 3 atom stereocenters. The Kier molecular flexibility index (Phi) is 5.72. The third kappa shape index (κ3) is 3.69. The molecule has 2 bridgehead atoms. The lowest BCUT2D eigenvalue weighted by atomic mass is 9.70. The van der Waals surface area contributed by atoms with Crippen molar-refractivity contribution in [2.45, 2.75) is 69.9 Å². The van der Waals surface area contributed by atoms with Gasteiger partial charge < -0.3 is 14.9 Å². The van der Waals surface area contributed by atoms with Crippen LogP contribution in [-0.4, -0.2) is 58.5 Å². The Morgan fingerprint density at radius 3 is 2.75 bits per heavy atom. The molecule has 0 aromatic heterocycles. The van der Waals surface area contributed by atoms with Gasteiger partial charge >= 0.3 is 0 Å². The van der Waals surface area contributed by atoms with Crippen molar-refractivity contribution in [3.63, 3.8) is 0 Å². The summed E-state index contributed by atoms with van der Waals surface area (Å²) in [6.45, 7) is 1.45. The number of carbonyl (C=O) groups excluding carboxylic acids is 2. The molecule has 4 rings (SSSR count). The van der Waals surface area contributed by atoms with E-state index in [1.807, 2.05) is 23.1 Å². The standard InChI is InChI=1S/C23H32N2O3/c26-17-23(15-18-7-3-1-4-8-18)16-19-10-11-20(23)25(19)22(28)12-14-24-13-6-2-5-9-21(24)27/h1,3-4,7-8,19-20,26H,2,5-6,9-17H2/t19-,20+,23-/m0/s1. The molecule has 1 aromatic carbocycles. The zero-order chi connectivity index (χ0) is 19.6. The van der Waals surface area contributed by atoms with Crippen molar-refractivity contribution < 1.29 is 14.7 Å². The summed E-state index contributed by atoms with van der Waals surface area (Å²) in [5.74, 6) is 0.358. The Labute approximate surface area is 167 Å². The monoisotopic (exact) mass is 384 g/mol. The molecular formula is C23H32N2O3. The highest BCUT2D eigenvalue weighted by Gasteiger charge is 2.56. The Morgan fingerprint density at radius 1 is 1.14 bits per heavy atom. The lowest BCUT2D eigenvalue weighted by Gasteiger charge is -2.36. The van der Waals surface area contributed by atoms with Gasteiger partial charge in [0.1, 0.15) is 0 Å². The van der Waals surface area contributed by atoms with E-state index in [0.717, 1.165) is 51.5 Å². The molecule has 3 aliphatic rings. The number of hydrogen-bond acceptors (Lipinski definition) is 3. The fourth-order valence-corrected chi connectivity index (χ4v) is 5.72. The molecule has 3 heterocycles. The van der Waals surface area contributed by atoms with E-state index >= 15 is 0 Å². The van der Waals surface area contributed by atoms with Gasteiger partial charge in [0.05, 0.1) is 6.61 Å². The third-order valence-corrected chi connectivity index (χ3v) is 7.12. The van der Waals surface area contributed by atoms with E-state index in [1.54, 1.807) is 0 Å². The summed E-state index contributed by atoms with van der Waals surface area (Å²) in [6.07, 6.45) is 7.86. The van der Waals surface area contributed by atoms with Crippen LogP contribution in [-0.2, 0) is 16.0 Å². The molecular weight excluding hydrogens is 352 g/mol. The molecule has 3 saturated heterocycles. The van der Waals surface area contributed by atoms with Crippen molar-refractivity contribution in [2.75, 3.05) is 19.7 Å². The Bertz CT molecular complexity index is 707. The van der Waals surface area contributed by atoms with Crippen LogP contribution in [0.5, 0.6) is 0 Å². The summed E-state index contributed by atoms with van der Waals surface area (Å²) >= 11 is 0. The molecule has 0 saturated carbocycles. The van der Waals surface area contributed by atoms with Crippen molar-refractivity contribution in [1.82, 2.24) is 9.80 Å². The number of likely N-dealkylation sites (tertiary alicyclic amines) is 1. The van der Waals surface area contributed by atoms with Crippen LogP contribution in [0.4, 0.5) is 0 Å². The first-order valence-electron chi connectivity index (χ1n) is 10.9. The Morgan fingerprint density at radius 2 is 1.96 bits per heavy atom. The van der Waals surface area contributed by atoms with Crippen molar-refractivity contribution in [1.29, 1.82) is 0 Å². The van der Waals surface area contributed by atoms with Gasteiger partial charge in [0.2, 0.25) is 11.8 Å². The van der Waals surface area contributed by atoms with Crippen LogP contribution in [0.2, 0.25) is 0 Å². The van der Waals surface area contributed by atoms with Gasteiger partial charge in [-0.25, -0.2) is 0 Å². The van der Waals surface area contributed by atoms with E-state index in [0.29, 0.717) is 19.4 Å². The van der Waals surface area contributed by atoms with Gasteiger partial charge in [-0.2, -0.15) is 0 Å². The first-order chi connectivity index (χ1) is 13.6. The number of carbonyl (C=O) groups is 2. The first-order valence-corrected chi connectivity index (χ1v) is 10.9. The van der Waals surface area contributed by atoms with Gasteiger partial charge in [0.15, 0.2) is 0 Å². The Balaban J connectivity index is 1.42. The molecule has 28 heavy (non-hydrogen) atoms. The molecule has 3 fully saturated rings. The fourth-order valence-electron chi connectivity index (χ4n) is 5.72. The van der Waals surface area contributed by atoms with E-state index in [1.165, 1.54) is 5.56 Å². The van der Waals surface area contributed by atoms with Crippen molar-refractivity contribution >= 4 is 11.8 Å². The van der Waals surface area contributed by atoms with Crippen LogP contribution in [0, 0.1) is 5.41 Å². The highest BCUT2D eigenvalue weighted by atomic mass is 16.3. The average Bonchev–Trinajstić information content (AvgIpc) is 3.18. The largest absolute Gasteiger partial charge is 0.396 e. The second-order valence-corrected chi connectivity index (χ2v) is 8.88. The second-order valence-electron chi connectivity index (χ2n) is 8.88. The van der Waals surface area contributed by atoms with E-state index in [-0.39, 0.29) is 35.9 Å². The van der Waals surface area contributed by atoms with Gasteiger partial charge in [-0.05, 0) is 44.1 Å². The zero-order valence-corrected chi connectivity index (χ0v) is 16.7. The molecule has 5 nitrogen and oxygen atoms in total. The summed E-state index contributed by atoms with van der Waals surface area (Å²) in [5.41, 5.74) is 1.00. The van der Waals surface area contributed by atoms with Gasteiger partial charge in [0, 0.05) is 43.4 Å². The lowest BCUT2D eigenvalue weighted by Crippen LogP contribution is -2.44. The minimum absolute atomic E-state index is 0.120. The fraction of sp³-hybridized carbons (Fsp3) is 0.652. The van der Waals surface area contributed by atoms with Crippen molar-refractivity contribution in [3.05, 3.63) is 35.9 Å². The minimum atomic E-state index is -0.224. The van der Waals surface area contributed by atoms with E-state index in [4.69, 9.17) is 0 Å². The van der Waals surface area contributed by atoms with Crippen LogP contribution < -0.4 is 0 Å². The van der Waals surface area contributed by atoms with Crippen LogP contribution in [0.3, 0.4) is 0 Å². The molecule has 0 aliphatic carbocycles. The molecule has 0 unspecified atom stereocenters. The molecule has 5 heteroatoms. The van der Waals surface area contributed by atoms with Gasteiger partial charge in [-0.15, -0.1) is 0 Å². The molecule has 0 spiro atoms. The van der Waals surface area contributed by atoms with Gasteiger partial charge in [0.25, 0.3) is 0 Å². The normalized spacial score (nSPS) is 30.0. The summed E-state index contributed by atoms with van der Waals surface area (Å²) in [5, 5.41) is 10.3. The number of hydrogen-bond donors (Lipinski definition) is 1. The maximum atomic E-state index is 13.1. The van der Waals surface area contributed by atoms with Crippen LogP contribution in [0.1, 0.15) is 56.9 Å². The topological polar surface area (TPSA) is 60.9 Å². The first kappa shape index (κ1) is 19.4. The summed E-state index contributed by atoms with van der Waals surface area (Å²) in [6, 6.07) is 10.7. The lowest BCUT2D eigenvalue weighted by molar-refractivity contribution is -0.135. The van der Waals surface area contributed by atoms with E-state index < -0.39 is 0 Å². The number of aliphatic hydroxyl groups is 1. The molecule has 152 valence electrons. The smallest absolute Gasteiger partial charge is 0.224 e. The van der Waals surface area contributed by atoms with Crippen LogP contribution >= 0.6 is 0 Å². The summed E-state index contributed by atoms with van der Waals surface area (Å²) in [7, 11) is 0. The van der Waals surface area contributed by atoms with E-state index in [2.05, 4.69) is 17.0 Å². The predicted molar refractivity (Wildman–Crippen MR) is 108 cm³/mol. The molecule has 0 radical (unpaired) electrons. The number of amides is 2. The maximum absolute atomic E-state index is 13.1. The second kappa shape index (κ2) is 8.24. The molecule has 1 aromatic rings. The summed E-state index contributed by atoms with van der Waals surface area (Å²) in [4.78, 5) is 29.3. The van der Waals surface area contributed by atoms with E-state index in [9.17, 15) is 14.7 Å². The maximum Gasteiger partial charge on any atom is 0.224 e. The quantitative estimate of drug-likeness (QED) is 0.820. The number of rotatable bonds is 6. The van der Waals surface area contributed by atoms with Crippen LogP contribution in [0.25, 0.3) is 0 Å². The third-order valence-electron chi connectivity index (χ3n) is 7.12. The SMILES string of the molecule is O=C1CCCCCN1CCC(=O)N1[C@H]2CC[C@@H]1[C@@](CO)(Cc1ccccc1)C2. The number of aliphatic hydroxyl groups excluding tert-OH is 1. The predicted octanol–water partition coefficient (Wildman–Crippen LogP) is 2.76. The highest BCUT2D eigenvalue weighted by Crippen LogP contribution is 2.51. The molecule has 3 aliphatic heterocycles. The minimum Gasteiger partial charge on any atom is -0.396 e. The van der Waals surface area contributed by atoms with Crippen molar-refractivity contribution in [2.24, 2.45) is 5.41 Å². The number of fused-ring (bicyclic) bond motifs is 2. The Hall–Kier alpha value is -1.88. The molecule has 2 amide bonds. The van der Waals surface area contributed by atoms with Crippen LogP contribution in [0.15, 0.2) is 30.3 Å². The molecule has 1 N–H and O–H groups in total. The average molecular weight is 385 g/mol. The highest BCUT2D eigenvalue weighted by molar-refractivity contribution is 5.80. The zero-order valence-electron chi connectivity index (χ0n) is 16.7. The van der Waals surface area contributed by atoms with Crippen molar-refractivity contribution in [3.8, 4) is 0 Å². The summed E-state index contributed by atoms with van der Waals surface area (Å²) < 4.78 is 0. The van der Waals surface area contributed by atoms with Gasteiger partial charge in [-0.3, -0.25) is 9.59 Å². The van der Waals surface area contributed by atoms with Gasteiger partial charge in [-0.1, -0.05) is 36.8 Å². The number of nitrogens with zero attached hydrogens (tertiary/aromatic N) is 2. The number of benzene rings is 1.